The lowest BCUT2D eigenvalue weighted by molar-refractivity contribution is -0.119. The molecule has 2 aromatic heterocycles. The minimum Gasteiger partial charge on any atom is -0.486 e. The molecule has 2 amide bonds. The maximum atomic E-state index is 13.7. The number of aromatic nitrogens is 3. The molecule has 5 rings (SSSR count). The third kappa shape index (κ3) is 4.18. The quantitative estimate of drug-likeness (QED) is 0.638. The number of benzene rings is 1. The van der Waals surface area contributed by atoms with E-state index < -0.39 is 0 Å². The van der Waals surface area contributed by atoms with Gasteiger partial charge in [0.15, 0.2) is 17.1 Å². The Hall–Kier alpha value is -3.62. The average molecular weight is 464 g/mol. The van der Waals surface area contributed by atoms with Crippen molar-refractivity contribution in [2.24, 2.45) is 0 Å². The first-order chi connectivity index (χ1) is 16.4. The summed E-state index contributed by atoms with van der Waals surface area (Å²) >= 11 is 0. The van der Waals surface area contributed by atoms with Crippen LogP contribution >= 0.6 is 0 Å². The molecule has 1 saturated heterocycles. The van der Waals surface area contributed by atoms with Gasteiger partial charge in [0.25, 0.3) is 5.91 Å². The van der Waals surface area contributed by atoms with Gasteiger partial charge >= 0.3 is 0 Å². The summed E-state index contributed by atoms with van der Waals surface area (Å²) in [4.78, 5) is 31.8. The van der Waals surface area contributed by atoms with Crippen LogP contribution in [-0.4, -0.2) is 63.8 Å². The highest BCUT2D eigenvalue weighted by atomic mass is 16.6. The van der Waals surface area contributed by atoms with Crippen molar-refractivity contribution in [1.29, 1.82) is 0 Å². The van der Waals surface area contributed by atoms with E-state index >= 15 is 0 Å². The number of nitrogens with zero attached hydrogens (tertiary/aromatic N) is 4. The predicted octanol–water partition coefficient (Wildman–Crippen LogP) is 3.19. The Balaban J connectivity index is 1.52. The fourth-order valence-corrected chi connectivity index (χ4v) is 4.61. The molecule has 2 aliphatic heterocycles. The number of ether oxygens (including phenoxy) is 2. The lowest BCUT2D eigenvalue weighted by atomic mass is 10.0. The number of likely N-dealkylation sites (tertiary alicyclic amines) is 1. The number of carbonyl (C=O) groups is 2. The molecule has 9 heteroatoms. The number of carbonyl (C=O) groups excluding carboxylic acids is 2. The van der Waals surface area contributed by atoms with Crippen molar-refractivity contribution in [2.75, 3.05) is 26.3 Å². The first-order valence-corrected chi connectivity index (χ1v) is 11.8. The zero-order chi connectivity index (χ0) is 23.8. The van der Waals surface area contributed by atoms with E-state index in [1.54, 1.807) is 6.20 Å². The maximum absolute atomic E-state index is 13.7. The third-order valence-electron chi connectivity index (χ3n) is 6.31. The zero-order valence-electron chi connectivity index (χ0n) is 19.7. The summed E-state index contributed by atoms with van der Waals surface area (Å²) in [6.07, 6.45) is 3.20. The summed E-state index contributed by atoms with van der Waals surface area (Å²) < 4.78 is 13.2. The van der Waals surface area contributed by atoms with Gasteiger partial charge in [0.05, 0.1) is 22.8 Å². The van der Waals surface area contributed by atoms with E-state index in [9.17, 15) is 9.59 Å². The second-order valence-electron chi connectivity index (χ2n) is 9.10. The smallest absolute Gasteiger partial charge is 0.254 e. The molecule has 0 atom stereocenters. The Morgan fingerprint density at radius 3 is 2.53 bits per heavy atom. The number of pyridine rings is 1. The normalized spacial score (nSPS) is 16.2. The lowest BCUT2D eigenvalue weighted by Crippen LogP contribution is -2.46. The summed E-state index contributed by atoms with van der Waals surface area (Å²) in [6.45, 7) is 7.81. The van der Waals surface area contributed by atoms with Gasteiger partial charge in [-0.3, -0.25) is 9.59 Å². The van der Waals surface area contributed by atoms with Crippen molar-refractivity contribution in [2.45, 2.75) is 45.7 Å². The molecule has 0 spiro atoms. The van der Waals surface area contributed by atoms with Gasteiger partial charge in [-0.1, -0.05) is 0 Å². The van der Waals surface area contributed by atoms with E-state index in [-0.39, 0.29) is 23.9 Å². The molecule has 9 nitrogen and oxygen atoms in total. The summed E-state index contributed by atoms with van der Waals surface area (Å²) in [5.41, 5.74) is 2.79. The van der Waals surface area contributed by atoms with Crippen molar-refractivity contribution < 1.29 is 19.1 Å². The molecule has 178 valence electrons. The van der Waals surface area contributed by atoms with E-state index in [0.29, 0.717) is 54.7 Å². The number of hydrogen-bond donors (Lipinski definition) is 1. The average Bonchev–Trinajstić information content (AvgIpc) is 3.27. The van der Waals surface area contributed by atoms with Crippen molar-refractivity contribution in [3.63, 3.8) is 0 Å². The number of amides is 2. The van der Waals surface area contributed by atoms with Crippen LogP contribution in [0.3, 0.4) is 0 Å². The number of nitrogens with one attached hydrogen (secondary N) is 1. The van der Waals surface area contributed by atoms with Crippen LogP contribution in [0.2, 0.25) is 0 Å². The Morgan fingerprint density at radius 1 is 1.09 bits per heavy atom. The molecule has 2 aliphatic rings. The maximum Gasteiger partial charge on any atom is 0.254 e. The van der Waals surface area contributed by atoms with Crippen molar-refractivity contribution >= 4 is 22.8 Å². The van der Waals surface area contributed by atoms with Crippen LogP contribution < -0.4 is 14.8 Å². The van der Waals surface area contributed by atoms with Crippen LogP contribution in [0.5, 0.6) is 11.5 Å². The highest BCUT2D eigenvalue weighted by molar-refractivity contribution is 6.06. The largest absolute Gasteiger partial charge is 0.486 e. The number of rotatable bonds is 4. The molecular weight excluding hydrogens is 434 g/mol. The van der Waals surface area contributed by atoms with Crippen molar-refractivity contribution in [3.8, 4) is 22.8 Å². The molecule has 0 aliphatic carbocycles. The van der Waals surface area contributed by atoms with Crippen LogP contribution in [0.15, 0.2) is 30.5 Å². The molecule has 4 heterocycles. The van der Waals surface area contributed by atoms with E-state index in [0.717, 1.165) is 23.8 Å². The number of piperidine rings is 1. The third-order valence-corrected chi connectivity index (χ3v) is 6.31. The van der Waals surface area contributed by atoms with Crippen molar-refractivity contribution in [1.82, 2.24) is 25.0 Å². The Bertz CT molecular complexity index is 1240. The molecule has 34 heavy (non-hydrogen) atoms. The number of fused-ring (bicyclic) bond motifs is 2. The van der Waals surface area contributed by atoms with Crippen LogP contribution in [0.1, 0.15) is 50.0 Å². The van der Waals surface area contributed by atoms with E-state index in [2.05, 4.69) is 10.4 Å². The molecule has 0 saturated carbocycles. The van der Waals surface area contributed by atoms with Crippen molar-refractivity contribution in [3.05, 3.63) is 36.0 Å². The first-order valence-electron chi connectivity index (χ1n) is 11.8. The minimum atomic E-state index is -0.0456. The summed E-state index contributed by atoms with van der Waals surface area (Å²) in [7, 11) is 0. The standard InChI is InChI=1S/C25H29N5O4/c1-15(2)30-24-20(14-26-30)19(25(32)29-8-6-18(7-9-29)27-16(3)31)13-21(28-24)17-4-5-22-23(12-17)34-11-10-33-22/h4-5,12-15,18H,6-11H2,1-3H3,(H,27,31). The molecule has 1 N–H and O–H groups in total. The Labute approximate surface area is 198 Å². The molecule has 1 aromatic carbocycles. The fourth-order valence-electron chi connectivity index (χ4n) is 4.61. The SMILES string of the molecule is CC(=O)NC1CCN(C(=O)c2cc(-c3ccc4c(c3)OCCO4)nc3c2cnn3C(C)C)CC1. The zero-order valence-corrected chi connectivity index (χ0v) is 19.7. The van der Waals surface area contributed by atoms with Crippen LogP contribution in [0, 0.1) is 0 Å². The van der Waals surface area contributed by atoms with E-state index in [1.165, 1.54) is 6.92 Å². The molecular formula is C25H29N5O4. The topological polar surface area (TPSA) is 98.6 Å². The van der Waals surface area contributed by atoms with Gasteiger partial charge in [-0.15, -0.1) is 0 Å². The predicted molar refractivity (Wildman–Crippen MR) is 127 cm³/mol. The second kappa shape index (κ2) is 8.96. The molecule has 0 unspecified atom stereocenters. The second-order valence-corrected chi connectivity index (χ2v) is 9.10. The summed E-state index contributed by atoms with van der Waals surface area (Å²) in [5.74, 6) is 1.30. The summed E-state index contributed by atoms with van der Waals surface area (Å²) in [5, 5.41) is 8.22. The van der Waals surface area contributed by atoms with Crippen LogP contribution in [0.4, 0.5) is 0 Å². The van der Waals surface area contributed by atoms with Gasteiger partial charge in [-0.2, -0.15) is 5.10 Å². The molecule has 0 radical (unpaired) electrons. The molecule has 1 fully saturated rings. The Kier molecular flexibility index (Phi) is 5.85. The van der Waals surface area contributed by atoms with Gasteiger partial charge in [-0.05, 0) is 51.0 Å². The summed E-state index contributed by atoms with van der Waals surface area (Å²) in [6, 6.07) is 7.77. The van der Waals surface area contributed by atoms with Gasteiger partial charge < -0.3 is 19.7 Å². The van der Waals surface area contributed by atoms with Crippen LogP contribution in [0.25, 0.3) is 22.3 Å². The van der Waals surface area contributed by atoms with Gasteiger partial charge in [0.2, 0.25) is 5.91 Å². The van der Waals surface area contributed by atoms with Gasteiger partial charge in [-0.25, -0.2) is 9.67 Å². The van der Waals surface area contributed by atoms with E-state index in [4.69, 9.17) is 14.5 Å². The van der Waals surface area contributed by atoms with Gasteiger partial charge in [0, 0.05) is 37.7 Å². The van der Waals surface area contributed by atoms with E-state index in [1.807, 2.05) is 47.7 Å². The molecule has 3 aromatic rings. The first kappa shape index (κ1) is 22.2. The fraction of sp³-hybridized carbons (Fsp3) is 0.440. The lowest BCUT2D eigenvalue weighted by Gasteiger charge is -2.32. The minimum absolute atomic E-state index is 0.0363. The highest BCUT2D eigenvalue weighted by Gasteiger charge is 2.27. The molecule has 0 bridgehead atoms. The number of hydrogen-bond acceptors (Lipinski definition) is 6. The Morgan fingerprint density at radius 2 is 1.82 bits per heavy atom. The highest BCUT2D eigenvalue weighted by Crippen LogP contribution is 2.35. The monoisotopic (exact) mass is 463 g/mol. The van der Waals surface area contributed by atoms with Crippen LogP contribution in [-0.2, 0) is 4.79 Å². The van der Waals surface area contributed by atoms with Gasteiger partial charge in [0.1, 0.15) is 13.2 Å².